The zero-order chi connectivity index (χ0) is 29.6. The van der Waals surface area contributed by atoms with E-state index >= 15 is 0 Å². The largest absolute Gasteiger partial charge is 0.507 e. The van der Waals surface area contributed by atoms with Gasteiger partial charge in [0.2, 0.25) is 0 Å². The van der Waals surface area contributed by atoms with Gasteiger partial charge in [0.05, 0.1) is 23.0 Å². The van der Waals surface area contributed by atoms with Gasteiger partial charge in [-0.1, -0.05) is 90.1 Å². The molecule has 3 aromatic heterocycles. The summed E-state index contributed by atoms with van der Waals surface area (Å²) in [5.74, 6) is 0.940. The van der Waals surface area contributed by atoms with Crippen LogP contribution in [0.2, 0.25) is 0 Å². The molecule has 6 rings (SSSR count). The number of aromatic hydroxyl groups is 1. The van der Waals surface area contributed by atoms with Gasteiger partial charge in [0, 0.05) is 34.8 Å². The number of phenols is 1. The van der Waals surface area contributed by atoms with E-state index < -0.39 is 0 Å². The van der Waals surface area contributed by atoms with Gasteiger partial charge in [-0.3, -0.25) is 14.5 Å². The Labute approximate surface area is 247 Å². The standard InChI is InChI=1S/C37H36N4O/c1-36(2,3)26-20-28(34(42)30(21-26)37(4,5)6)35-40-33-29(22-38-23-32(33)41(35)27-15-8-7-9-16-27)24-13-12-14-25(19-24)31-17-10-11-18-39-31/h7-23,42H,1-6H3. The van der Waals surface area contributed by atoms with Gasteiger partial charge in [-0.2, -0.15) is 0 Å². The SMILES string of the molecule is CC(C)(C)c1cc(-c2nc3c(-c4cccc(-c5ccccn5)c4)cncc3n2-c2ccccc2)c(O)c(C(C)(C)C)c1. The molecule has 3 heterocycles. The molecule has 0 fully saturated rings. The Hall–Kier alpha value is -4.77. The maximum absolute atomic E-state index is 11.8. The number of benzene rings is 3. The first-order chi connectivity index (χ1) is 20.0. The Balaban J connectivity index is 1.66. The highest BCUT2D eigenvalue weighted by atomic mass is 16.3. The molecule has 0 unspecified atom stereocenters. The Morgan fingerprint density at radius 1 is 0.690 bits per heavy atom. The van der Waals surface area contributed by atoms with Gasteiger partial charge in [-0.05, 0) is 58.4 Å². The zero-order valence-electron chi connectivity index (χ0n) is 25.1. The quantitative estimate of drug-likeness (QED) is 0.237. The smallest absolute Gasteiger partial charge is 0.149 e. The summed E-state index contributed by atoms with van der Waals surface area (Å²) in [6, 6.07) is 28.7. The fraction of sp³-hybridized carbons (Fsp3) is 0.216. The van der Waals surface area contributed by atoms with Gasteiger partial charge >= 0.3 is 0 Å². The Kier molecular flexibility index (Phi) is 6.69. The van der Waals surface area contributed by atoms with Crippen LogP contribution in [0.3, 0.4) is 0 Å². The van der Waals surface area contributed by atoms with Crippen LogP contribution < -0.4 is 0 Å². The van der Waals surface area contributed by atoms with Crippen molar-refractivity contribution in [2.45, 2.75) is 52.4 Å². The van der Waals surface area contributed by atoms with Crippen LogP contribution in [0.5, 0.6) is 5.75 Å². The number of nitrogens with zero attached hydrogens (tertiary/aromatic N) is 4. The van der Waals surface area contributed by atoms with E-state index in [9.17, 15) is 5.11 Å². The van der Waals surface area contributed by atoms with Crippen molar-refractivity contribution in [3.8, 4) is 45.2 Å². The number of fused-ring (bicyclic) bond motifs is 1. The third-order valence-electron chi connectivity index (χ3n) is 7.74. The molecule has 0 saturated carbocycles. The normalized spacial score (nSPS) is 12.1. The van der Waals surface area contributed by atoms with Gasteiger partial charge < -0.3 is 5.11 Å². The van der Waals surface area contributed by atoms with Crippen molar-refractivity contribution in [2.75, 3.05) is 0 Å². The van der Waals surface area contributed by atoms with Crippen LogP contribution in [0.15, 0.2) is 104 Å². The van der Waals surface area contributed by atoms with E-state index in [1.54, 1.807) is 0 Å². The fourth-order valence-electron chi connectivity index (χ4n) is 5.41. The third-order valence-corrected chi connectivity index (χ3v) is 7.74. The molecule has 0 amide bonds. The van der Waals surface area contributed by atoms with Crippen molar-refractivity contribution in [3.63, 3.8) is 0 Å². The number of rotatable bonds is 4. The maximum Gasteiger partial charge on any atom is 0.149 e. The molecule has 210 valence electrons. The lowest BCUT2D eigenvalue weighted by molar-refractivity contribution is 0.446. The number of hydrogen-bond acceptors (Lipinski definition) is 4. The lowest BCUT2D eigenvalue weighted by atomic mass is 9.79. The first-order valence-electron chi connectivity index (χ1n) is 14.3. The second-order valence-electron chi connectivity index (χ2n) is 12.9. The molecule has 0 bridgehead atoms. The van der Waals surface area contributed by atoms with Crippen molar-refractivity contribution in [3.05, 3.63) is 115 Å². The van der Waals surface area contributed by atoms with E-state index in [1.165, 1.54) is 0 Å². The molecule has 0 radical (unpaired) electrons. The summed E-state index contributed by atoms with van der Waals surface area (Å²) in [5, 5.41) is 11.8. The second-order valence-corrected chi connectivity index (χ2v) is 12.9. The van der Waals surface area contributed by atoms with Crippen molar-refractivity contribution in [2.24, 2.45) is 0 Å². The highest BCUT2D eigenvalue weighted by Gasteiger charge is 2.28. The number of aromatic nitrogens is 4. The minimum atomic E-state index is -0.262. The molecular weight excluding hydrogens is 516 g/mol. The molecule has 0 saturated heterocycles. The first-order valence-corrected chi connectivity index (χ1v) is 14.3. The van der Waals surface area contributed by atoms with Gasteiger partial charge in [0.25, 0.3) is 0 Å². The third kappa shape index (κ3) is 4.96. The predicted octanol–water partition coefficient (Wildman–Crippen LogP) is 9.12. The summed E-state index contributed by atoms with van der Waals surface area (Å²) in [6.45, 7) is 13.0. The molecule has 42 heavy (non-hydrogen) atoms. The van der Waals surface area contributed by atoms with Crippen molar-refractivity contribution < 1.29 is 5.11 Å². The van der Waals surface area contributed by atoms with Crippen molar-refractivity contribution in [1.29, 1.82) is 0 Å². The summed E-state index contributed by atoms with van der Waals surface area (Å²) >= 11 is 0. The van der Waals surface area contributed by atoms with E-state index in [-0.39, 0.29) is 16.6 Å². The monoisotopic (exact) mass is 552 g/mol. The van der Waals surface area contributed by atoms with Crippen LogP contribution in [0.25, 0.3) is 50.5 Å². The van der Waals surface area contributed by atoms with E-state index in [4.69, 9.17) is 4.98 Å². The summed E-state index contributed by atoms with van der Waals surface area (Å²) in [6.07, 6.45) is 5.54. The molecule has 0 atom stereocenters. The summed E-state index contributed by atoms with van der Waals surface area (Å²) < 4.78 is 2.11. The van der Waals surface area contributed by atoms with Crippen LogP contribution >= 0.6 is 0 Å². The van der Waals surface area contributed by atoms with Crippen LogP contribution in [0.1, 0.15) is 52.7 Å². The van der Waals surface area contributed by atoms with E-state index in [2.05, 4.69) is 98.5 Å². The lowest BCUT2D eigenvalue weighted by Gasteiger charge is -2.27. The summed E-state index contributed by atoms with van der Waals surface area (Å²) in [5.41, 5.74) is 8.88. The molecule has 0 spiro atoms. The van der Waals surface area contributed by atoms with E-state index in [1.807, 2.05) is 61.1 Å². The Bertz CT molecular complexity index is 1890. The second kappa shape index (κ2) is 10.3. The average molecular weight is 553 g/mol. The van der Waals surface area contributed by atoms with Gasteiger partial charge in [0.1, 0.15) is 17.1 Å². The molecule has 0 aliphatic carbocycles. The molecule has 0 aliphatic rings. The molecule has 5 nitrogen and oxygen atoms in total. The van der Waals surface area contributed by atoms with Crippen LogP contribution in [-0.4, -0.2) is 24.6 Å². The predicted molar refractivity (Wildman–Crippen MR) is 172 cm³/mol. The molecule has 5 heteroatoms. The van der Waals surface area contributed by atoms with Gasteiger partial charge in [-0.25, -0.2) is 4.98 Å². The minimum absolute atomic E-state index is 0.120. The number of hydrogen-bond donors (Lipinski definition) is 1. The number of pyridine rings is 2. The fourth-order valence-corrected chi connectivity index (χ4v) is 5.41. The van der Waals surface area contributed by atoms with Crippen LogP contribution in [0, 0.1) is 0 Å². The number of imidazole rings is 1. The number of phenolic OH excluding ortho intramolecular Hbond substituents is 1. The van der Waals surface area contributed by atoms with Gasteiger partial charge in [-0.15, -0.1) is 0 Å². The molecule has 0 aliphatic heterocycles. The average Bonchev–Trinajstić information content (AvgIpc) is 3.36. The van der Waals surface area contributed by atoms with Crippen LogP contribution in [-0.2, 0) is 10.8 Å². The summed E-state index contributed by atoms with van der Waals surface area (Å²) in [4.78, 5) is 14.5. The van der Waals surface area contributed by atoms with E-state index in [0.717, 1.165) is 50.2 Å². The lowest BCUT2D eigenvalue weighted by Crippen LogP contribution is -2.17. The van der Waals surface area contributed by atoms with Crippen molar-refractivity contribution >= 4 is 11.0 Å². The Morgan fingerprint density at radius 3 is 2.12 bits per heavy atom. The highest BCUT2D eigenvalue weighted by molar-refractivity contribution is 5.95. The summed E-state index contributed by atoms with van der Waals surface area (Å²) in [7, 11) is 0. The first kappa shape index (κ1) is 27.4. The van der Waals surface area contributed by atoms with Crippen molar-refractivity contribution in [1.82, 2.24) is 19.5 Å². The topological polar surface area (TPSA) is 63.8 Å². The molecule has 1 N–H and O–H groups in total. The highest BCUT2D eigenvalue weighted by Crippen LogP contribution is 2.44. The number of para-hydroxylation sites is 1. The van der Waals surface area contributed by atoms with Gasteiger partial charge in [0.15, 0.2) is 0 Å². The zero-order valence-corrected chi connectivity index (χ0v) is 25.1. The molecular formula is C37H36N4O. The molecule has 6 aromatic rings. The van der Waals surface area contributed by atoms with E-state index in [0.29, 0.717) is 11.4 Å². The molecule has 3 aromatic carbocycles. The Morgan fingerprint density at radius 2 is 1.43 bits per heavy atom. The maximum atomic E-state index is 11.8. The van der Waals surface area contributed by atoms with Crippen LogP contribution in [0.4, 0.5) is 0 Å². The minimum Gasteiger partial charge on any atom is -0.507 e.